The average molecular weight is 348 g/mol. The molecule has 2 N–H and O–H groups in total. The second-order valence-corrected chi connectivity index (χ2v) is 6.74. The molecule has 1 saturated carbocycles. The van der Waals surface area contributed by atoms with Gasteiger partial charge in [0.05, 0.1) is 12.7 Å². The van der Waals surface area contributed by atoms with Gasteiger partial charge in [-0.3, -0.25) is 4.99 Å². The van der Waals surface area contributed by atoms with E-state index in [-0.39, 0.29) is 17.3 Å². The van der Waals surface area contributed by atoms with Gasteiger partial charge in [0, 0.05) is 41.7 Å². The lowest BCUT2D eigenvalue weighted by atomic mass is 9.60. The maximum absolute atomic E-state index is 11.8. The predicted molar refractivity (Wildman–Crippen MR) is 99.6 cm³/mol. The normalized spacial score (nSPS) is 17.9. The van der Waals surface area contributed by atoms with Crippen LogP contribution in [0.3, 0.4) is 0 Å². The lowest BCUT2D eigenvalue weighted by molar-refractivity contribution is -0.136. The number of nitrogens with zero attached hydrogens (tertiary/aromatic N) is 3. The molecular weight excluding hydrogens is 328 g/mol. The Hall–Kier alpha value is -3.02. The Kier molecular flexibility index (Phi) is 4.03. The Bertz CT molecular complexity index is 894. The van der Waals surface area contributed by atoms with Crippen molar-refractivity contribution in [2.75, 3.05) is 12.8 Å². The zero-order chi connectivity index (χ0) is 18.1. The molecule has 4 rings (SSSR count). The fourth-order valence-corrected chi connectivity index (χ4v) is 3.72. The fraction of sp³-hybridized carbons (Fsp3) is 0.300. The Labute approximate surface area is 151 Å². The van der Waals surface area contributed by atoms with E-state index in [0.29, 0.717) is 12.0 Å². The van der Waals surface area contributed by atoms with Crippen LogP contribution >= 0.6 is 0 Å². The fourth-order valence-electron chi connectivity index (χ4n) is 3.72. The molecule has 1 fully saturated rings. The zero-order valence-electron chi connectivity index (χ0n) is 14.6. The van der Waals surface area contributed by atoms with E-state index in [1.165, 1.54) is 19.1 Å². The van der Waals surface area contributed by atoms with Crippen molar-refractivity contribution >= 4 is 17.6 Å². The topological polar surface area (TPSA) is 90.5 Å². The van der Waals surface area contributed by atoms with Crippen LogP contribution in [0, 0.1) is 0 Å². The number of nitrogens with two attached hydrogens (primary N) is 1. The number of anilines is 1. The number of hydrogen-bond acceptors (Lipinski definition) is 6. The third kappa shape index (κ3) is 2.67. The summed E-state index contributed by atoms with van der Waals surface area (Å²) < 4.78 is 4.82. The molecule has 0 bridgehead atoms. The lowest BCUT2D eigenvalue weighted by Gasteiger charge is -2.43. The average Bonchev–Trinajstić information content (AvgIpc) is 3.12. The molecule has 132 valence electrons. The Morgan fingerprint density at radius 1 is 1.12 bits per heavy atom. The van der Waals surface area contributed by atoms with Crippen LogP contribution in [0.15, 0.2) is 53.4 Å². The number of benzene rings is 1. The molecular formula is C20H20N4O2. The van der Waals surface area contributed by atoms with Gasteiger partial charge in [-0.25, -0.2) is 14.8 Å². The van der Waals surface area contributed by atoms with E-state index in [0.717, 1.165) is 29.7 Å². The van der Waals surface area contributed by atoms with Crippen molar-refractivity contribution in [1.82, 2.24) is 9.97 Å². The van der Waals surface area contributed by atoms with Crippen molar-refractivity contribution in [2.24, 2.45) is 4.99 Å². The second-order valence-electron chi connectivity index (χ2n) is 6.74. The Balaban J connectivity index is 1.58. The maximum Gasteiger partial charge on any atom is 0.335 e. The molecule has 6 heteroatoms. The maximum atomic E-state index is 11.8. The van der Waals surface area contributed by atoms with Crippen LogP contribution in [-0.4, -0.2) is 28.8 Å². The summed E-state index contributed by atoms with van der Waals surface area (Å²) in [6.45, 7) is 0. The first-order valence-corrected chi connectivity index (χ1v) is 8.65. The molecule has 0 atom stereocenters. The van der Waals surface area contributed by atoms with Gasteiger partial charge in [0.25, 0.3) is 0 Å². The SMILES string of the molecule is COC(=O)C1=CN=C(C2(c3ccc(-c4cnc(N)nc4)cc3)CCC2)C1. The Morgan fingerprint density at radius 2 is 1.81 bits per heavy atom. The van der Waals surface area contributed by atoms with Crippen molar-refractivity contribution in [3.63, 3.8) is 0 Å². The number of carbonyl (C=O) groups excluding carboxylic acids is 1. The van der Waals surface area contributed by atoms with Crippen LogP contribution in [0.25, 0.3) is 11.1 Å². The minimum absolute atomic E-state index is 0.0670. The van der Waals surface area contributed by atoms with Crippen LogP contribution in [0.4, 0.5) is 5.95 Å². The summed E-state index contributed by atoms with van der Waals surface area (Å²) in [5, 5.41) is 0. The number of aliphatic imine (C=N–C) groups is 1. The number of rotatable bonds is 4. The van der Waals surface area contributed by atoms with E-state index in [9.17, 15) is 4.79 Å². The van der Waals surface area contributed by atoms with E-state index in [4.69, 9.17) is 10.5 Å². The lowest BCUT2D eigenvalue weighted by Crippen LogP contribution is -2.42. The highest BCUT2D eigenvalue weighted by Gasteiger charge is 2.44. The van der Waals surface area contributed by atoms with Gasteiger partial charge in [0.2, 0.25) is 5.95 Å². The van der Waals surface area contributed by atoms with E-state index >= 15 is 0 Å². The molecule has 0 radical (unpaired) electrons. The Morgan fingerprint density at radius 3 is 2.38 bits per heavy atom. The van der Waals surface area contributed by atoms with Crippen molar-refractivity contribution in [2.45, 2.75) is 31.1 Å². The summed E-state index contributed by atoms with van der Waals surface area (Å²) >= 11 is 0. The summed E-state index contributed by atoms with van der Waals surface area (Å²) in [6, 6.07) is 8.44. The molecule has 0 spiro atoms. The number of nitrogen functional groups attached to an aromatic ring is 1. The molecule has 2 aromatic rings. The van der Waals surface area contributed by atoms with Crippen LogP contribution in [0.2, 0.25) is 0 Å². The van der Waals surface area contributed by atoms with E-state index in [1.54, 1.807) is 18.6 Å². The van der Waals surface area contributed by atoms with Gasteiger partial charge < -0.3 is 10.5 Å². The number of aromatic nitrogens is 2. The molecule has 1 aromatic heterocycles. The predicted octanol–water partition coefficient (Wildman–Crippen LogP) is 3.05. The summed E-state index contributed by atoms with van der Waals surface area (Å²) in [5.41, 5.74) is 10.4. The minimum atomic E-state index is -0.295. The number of methoxy groups -OCH3 is 1. The second kappa shape index (κ2) is 6.37. The molecule has 0 saturated heterocycles. The first kappa shape index (κ1) is 16.4. The van der Waals surface area contributed by atoms with Gasteiger partial charge in [-0.05, 0) is 24.0 Å². The van der Waals surface area contributed by atoms with Crippen molar-refractivity contribution in [3.8, 4) is 11.1 Å². The third-order valence-electron chi connectivity index (χ3n) is 5.38. The highest BCUT2D eigenvalue weighted by atomic mass is 16.5. The van der Waals surface area contributed by atoms with Crippen LogP contribution in [0.1, 0.15) is 31.2 Å². The van der Waals surface area contributed by atoms with Gasteiger partial charge in [-0.15, -0.1) is 0 Å². The summed E-state index contributed by atoms with van der Waals surface area (Å²) in [7, 11) is 1.40. The van der Waals surface area contributed by atoms with Crippen molar-refractivity contribution in [1.29, 1.82) is 0 Å². The number of esters is 1. The van der Waals surface area contributed by atoms with Gasteiger partial charge in [-0.2, -0.15) is 0 Å². The number of carbonyl (C=O) groups is 1. The third-order valence-corrected chi connectivity index (χ3v) is 5.38. The largest absolute Gasteiger partial charge is 0.466 e. The molecule has 1 aromatic carbocycles. The summed E-state index contributed by atoms with van der Waals surface area (Å²) in [4.78, 5) is 24.4. The molecule has 0 amide bonds. The van der Waals surface area contributed by atoms with Gasteiger partial charge in [-0.1, -0.05) is 30.7 Å². The first-order chi connectivity index (χ1) is 12.6. The van der Waals surface area contributed by atoms with Gasteiger partial charge in [0.1, 0.15) is 0 Å². The van der Waals surface area contributed by atoms with Crippen molar-refractivity contribution < 1.29 is 9.53 Å². The minimum Gasteiger partial charge on any atom is -0.466 e. The van der Waals surface area contributed by atoms with Gasteiger partial charge in [0.15, 0.2) is 0 Å². The molecule has 6 nitrogen and oxygen atoms in total. The number of hydrogen-bond donors (Lipinski definition) is 1. The standard InChI is InChI=1S/C20H20N4O2/c1-26-18(25)14-9-17(22-10-14)20(7-2-8-20)16-5-3-13(4-6-16)15-11-23-19(21)24-12-15/h3-6,10-12H,2,7-9H2,1H3,(H2,21,23,24). The molecule has 26 heavy (non-hydrogen) atoms. The quantitative estimate of drug-likeness (QED) is 0.858. The van der Waals surface area contributed by atoms with E-state index in [2.05, 4.69) is 39.2 Å². The summed E-state index contributed by atoms with van der Waals surface area (Å²) in [5.74, 6) is -0.0242. The molecule has 0 unspecified atom stereocenters. The van der Waals surface area contributed by atoms with Crippen LogP contribution in [0.5, 0.6) is 0 Å². The molecule has 2 aliphatic rings. The van der Waals surface area contributed by atoms with Gasteiger partial charge >= 0.3 is 5.97 Å². The summed E-state index contributed by atoms with van der Waals surface area (Å²) in [6.07, 6.45) is 8.95. The zero-order valence-corrected chi connectivity index (χ0v) is 14.6. The van der Waals surface area contributed by atoms with Crippen molar-refractivity contribution in [3.05, 3.63) is 54.0 Å². The van der Waals surface area contributed by atoms with Crippen LogP contribution < -0.4 is 5.73 Å². The monoisotopic (exact) mass is 348 g/mol. The first-order valence-electron chi connectivity index (χ1n) is 8.65. The smallest absolute Gasteiger partial charge is 0.335 e. The highest BCUT2D eigenvalue weighted by Crippen LogP contribution is 2.47. The van der Waals surface area contributed by atoms with Crippen LogP contribution in [-0.2, 0) is 14.9 Å². The molecule has 1 aliphatic heterocycles. The van der Waals surface area contributed by atoms with E-state index in [1.807, 2.05) is 0 Å². The van der Waals surface area contributed by atoms with E-state index < -0.39 is 0 Å². The molecule has 2 heterocycles. The highest BCUT2D eigenvalue weighted by molar-refractivity contribution is 6.06. The number of ether oxygens (including phenoxy) is 1. The molecule has 1 aliphatic carbocycles.